The van der Waals surface area contributed by atoms with Gasteiger partial charge in [-0.2, -0.15) is 15.0 Å². The second-order valence-electron chi connectivity index (χ2n) is 5.90. The van der Waals surface area contributed by atoms with E-state index in [1.807, 2.05) is 6.92 Å². The van der Waals surface area contributed by atoms with E-state index in [0.717, 1.165) is 19.5 Å². The predicted octanol–water partition coefficient (Wildman–Crippen LogP) is 1.24. The van der Waals surface area contributed by atoms with Crippen molar-refractivity contribution in [1.29, 1.82) is 0 Å². The van der Waals surface area contributed by atoms with Crippen molar-refractivity contribution in [2.24, 2.45) is 5.41 Å². The van der Waals surface area contributed by atoms with Gasteiger partial charge >= 0.3 is 6.01 Å². The van der Waals surface area contributed by atoms with E-state index >= 15 is 0 Å². The summed E-state index contributed by atoms with van der Waals surface area (Å²) in [4.78, 5) is 14.4. The van der Waals surface area contributed by atoms with E-state index in [2.05, 4.69) is 53.1 Å². The third kappa shape index (κ3) is 6.01. The highest BCUT2D eigenvalue weighted by atomic mass is 16.5. The van der Waals surface area contributed by atoms with E-state index in [9.17, 15) is 0 Å². The molecule has 0 bridgehead atoms. The first kappa shape index (κ1) is 16.4. The molecule has 114 valence electrons. The van der Waals surface area contributed by atoms with Crippen molar-refractivity contribution in [3.8, 4) is 6.01 Å². The molecule has 0 aliphatic rings. The molecule has 0 aliphatic heterocycles. The maximum absolute atomic E-state index is 5.66. The Labute approximate surface area is 121 Å². The number of rotatable bonds is 8. The number of aromatic nitrogens is 3. The zero-order valence-corrected chi connectivity index (χ0v) is 13.1. The largest absolute Gasteiger partial charge is 0.463 e. The quantitative estimate of drug-likeness (QED) is 0.741. The summed E-state index contributed by atoms with van der Waals surface area (Å²) in [6.45, 7) is 8.64. The van der Waals surface area contributed by atoms with Crippen LogP contribution in [0.5, 0.6) is 6.01 Å². The van der Waals surface area contributed by atoms with Crippen LogP contribution in [0.4, 0.5) is 11.9 Å². The number of nitrogen functional groups attached to an aromatic ring is 1. The molecule has 0 aromatic carbocycles. The maximum atomic E-state index is 5.66. The van der Waals surface area contributed by atoms with Crippen LogP contribution in [0.1, 0.15) is 27.2 Å². The van der Waals surface area contributed by atoms with Crippen LogP contribution in [0.2, 0.25) is 0 Å². The number of hydrogen-bond acceptors (Lipinski definition) is 7. The standard InChI is InChI=1S/C13H26N6O/c1-6-7-20-12-17-10(14)16-11(18-12)15-8-13(2,3)9-19(4)5/h6-9H2,1-5H3,(H3,14,15,16,17,18). The van der Waals surface area contributed by atoms with Gasteiger partial charge in [0.15, 0.2) is 0 Å². The van der Waals surface area contributed by atoms with Gasteiger partial charge in [0, 0.05) is 13.1 Å². The first-order valence-electron chi connectivity index (χ1n) is 6.85. The lowest BCUT2D eigenvalue weighted by Gasteiger charge is -2.28. The van der Waals surface area contributed by atoms with Gasteiger partial charge in [-0.15, -0.1) is 0 Å². The number of nitrogens with one attached hydrogen (secondary N) is 1. The van der Waals surface area contributed by atoms with Crippen molar-refractivity contribution >= 4 is 11.9 Å². The fraction of sp³-hybridized carbons (Fsp3) is 0.769. The van der Waals surface area contributed by atoms with Crippen LogP contribution in [-0.2, 0) is 0 Å². The Hall–Kier alpha value is -1.63. The molecule has 0 saturated carbocycles. The molecule has 0 saturated heterocycles. The molecule has 7 nitrogen and oxygen atoms in total. The van der Waals surface area contributed by atoms with Gasteiger partial charge in [0.1, 0.15) is 0 Å². The van der Waals surface area contributed by atoms with Crippen LogP contribution in [0, 0.1) is 5.41 Å². The number of nitrogens with two attached hydrogens (primary N) is 1. The Bertz CT molecular complexity index is 421. The Balaban J connectivity index is 2.65. The van der Waals surface area contributed by atoms with Crippen LogP contribution in [-0.4, -0.2) is 53.6 Å². The highest BCUT2D eigenvalue weighted by molar-refractivity contribution is 5.32. The molecule has 0 atom stereocenters. The van der Waals surface area contributed by atoms with E-state index in [1.165, 1.54) is 0 Å². The van der Waals surface area contributed by atoms with Crippen LogP contribution in [0.25, 0.3) is 0 Å². The molecular weight excluding hydrogens is 256 g/mol. The normalized spacial score (nSPS) is 11.7. The van der Waals surface area contributed by atoms with E-state index in [4.69, 9.17) is 10.5 Å². The molecule has 0 unspecified atom stereocenters. The monoisotopic (exact) mass is 282 g/mol. The van der Waals surface area contributed by atoms with Crippen molar-refractivity contribution < 1.29 is 4.74 Å². The smallest absolute Gasteiger partial charge is 0.323 e. The Morgan fingerprint density at radius 1 is 1.25 bits per heavy atom. The van der Waals surface area contributed by atoms with E-state index in [0.29, 0.717) is 12.6 Å². The Kier molecular flexibility index (Phi) is 5.94. The molecule has 0 amide bonds. The second kappa shape index (κ2) is 7.23. The zero-order chi connectivity index (χ0) is 15.2. The highest BCUT2D eigenvalue weighted by Gasteiger charge is 2.19. The lowest BCUT2D eigenvalue weighted by molar-refractivity contribution is 0.253. The lowest BCUT2D eigenvalue weighted by atomic mass is 9.93. The molecule has 3 N–H and O–H groups in total. The fourth-order valence-corrected chi connectivity index (χ4v) is 1.94. The lowest BCUT2D eigenvalue weighted by Crippen LogP contribution is -2.34. The van der Waals surface area contributed by atoms with Crippen LogP contribution in [0.15, 0.2) is 0 Å². The fourth-order valence-electron chi connectivity index (χ4n) is 1.94. The van der Waals surface area contributed by atoms with E-state index in [-0.39, 0.29) is 17.4 Å². The first-order valence-corrected chi connectivity index (χ1v) is 6.85. The number of ether oxygens (including phenoxy) is 1. The van der Waals surface area contributed by atoms with Crippen molar-refractivity contribution in [2.45, 2.75) is 27.2 Å². The average Bonchev–Trinajstić information content (AvgIpc) is 2.32. The summed E-state index contributed by atoms with van der Waals surface area (Å²) in [7, 11) is 4.11. The van der Waals surface area contributed by atoms with E-state index < -0.39 is 0 Å². The van der Waals surface area contributed by atoms with E-state index in [1.54, 1.807) is 0 Å². The van der Waals surface area contributed by atoms with Crippen molar-refractivity contribution in [3.05, 3.63) is 0 Å². The van der Waals surface area contributed by atoms with Crippen LogP contribution >= 0.6 is 0 Å². The summed E-state index contributed by atoms with van der Waals surface area (Å²) >= 11 is 0. The number of nitrogens with zero attached hydrogens (tertiary/aromatic N) is 4. The van der Waals surface area contributed by atoms with Gasteiger partial charge in [-0.05, 0) is 25.9 Å². The molecule has 0 aliphatic carbocycles. The van der Waals surface area contributed by atoms with Gasteiger partial charge in [0.05, 0.1) is 6.61 Å². The number of anilines is 2. The maximum Gasteiger partial charge on any atom is 0.323 e. The van der Waals surface area contributed by atoms with Gasteiger partial charge in [0.25, 0.3) is 0 Å². The molecule has 0 radical (unpaired) electrons. The molecule has 1 heterocycles. The summed E-state index contributed by atoms with van der Waals surface area (Å²) in [5.74, 6) is 0.620. The molecule has 1 aromatic rings. The Morgan fingerprint density at radius 2 is 1.95 bits per heavy atom. The summed E-state index contributed by atoms with van der Waals surface area (Å²) in [6, 6.07) is 0.271. The predicted molar refractivity (Wildman–Crippen MR) is 80.9 cm³/mol. The van der Waals surface area contributed by atoms with Gasteiger partial charge < -0.3 is 20.7 Å². The van der Waals surface area contributed by atoms with Crippen LogP contribution < -0.4 is 15.8 Å². The third-order valence-corrected chi connectivity index (χ3v) is 2.54. The topological polar surface area (TPSA) is 89.2 Å². The van der Waals surface area contributed by atoms with Gasteiger partial charge in [-0.3, -0.25) is 0 Å². The second-order valence-corrected chi connectivity index (χ2v) is 5.90. The average molecular weight is 282 g/mol. The summed E-state index contributed by atoms with van der Waals surface area (Å²) in [5, 5.41) is 3.20. The minimum atomic E-state index is 0.0926. The summed E-state index contributed by atoms with van der Waals surface area (Å²) in [5.41, 5.74) is 5.75. The first-order chi connectivity index (χ1) is 9.32. The zero-order valence-electron chi connectivity index (χ0n) is 13.1. The molecule has 1 rings (SSSR count). The van der Waals surface area contributed by atoms with Crippen molar-refractivity contribution in [2.75, 3.05) is 44.8 Å². The summed E-state index contributed by atoms with van der Waals surface area (Å²) in [6.07, 6.45) is 0.893. The third-order valence-electron chi connectivity index (χ3n) is 2.54. The highest BCUT2D eigenvalue weighted by Crippen LogP contribution is 2.17. The molecule has 0 fully saturated rings. The van der Waals surface area contributed by atoms with Crippen molar-refractivity contribution in [1.82, 2.24) is 19.9 Å². The minimum absolute atomic E-state index is 0.0926. The molecule has 20 heavy (non-hydrogen) atoms. The number of hydrogen-bond donors (Lipinski definition) is 2. The van der Waals surface area contributed by atoms with Crippen LogP contribution in [0.3, 0.4) is 0 Å². The Morgan fingerprint density at radius 3 is 2.55 bits per heavy atom. The molecule has 7 heteroatoms. The molecule has 1 aromatic heterocycles. The molecular formula is C13H26N6O. The molecule has 0 spiro atoms. The minimum Gasteiger partial charge on any atom is -0.463 e. The van der Waals surface area contributed by atoms with Gasteiger partial charge in [-0.1, -0.05) is 20.8 Å². The summed E-state index contributed by atoms with van der Waals surface area (Å²) < 4.78 is 5.38. The van der Waals surface area contributed by atoms with Crippen molar-refractivity contribution in [3.63, 3.8) is 0 Å². The van der Waals surface area contributed by atoms with Gasteiger partial charge in [0.2, 0.25) is 11.9 Å². The SMILES string of the molecule is CCCOc1nc(N)nc(NCC(C)(C)CN(C)C)n1. The van der Waals surface area contributed by atoms with Gasteiger partial charge in [-0.25, -0.2) is 0 Å².